The van der Waals surface area contributed by atoms with Crippen LogP contribution in [-0.2, 0) is 10.0 Å². The summed E-state index contributed by atoms with van der Waals surface area (Å²) in [7, 11) is -2.87. The van der Waals surface area contributed by atoms with Gasteiger partial charge >= 0.3 is 0 Å². The Morgan fingerprint density at radius 1 is 1.56 bits per heavy atom. The lowest BCUT2D eigenvalue weighted by Gasteiger charge is -2.16. The van der Waals surface area contributed by atoms with Crippen molar-refractivity contribution in [1.82, 2.24) is 4.72 Å². The quantitative estimate of drug-likeness (QED) is 0.497. The van der Waals surface area contributed by atoms with Gasteiger partial charge in [0.1, 0.15) is 0 Å². The fourth-order valence-electron chi connectivity index (χ4n) is 0.675. The number of nitrogens with one attached hydrogen (secondary N) is 1. The molecule has 0 amide bonds. The second-order valence-electron chi connectivity index (χ2n) is 2.05. The molecule has 0 aromatic carbocycles. The summed E-state index contributed by atoms with van der Waals surface area (Å²) >= 11 is 2.25. The molecule has 0 aromatic rings. The number of hydrogen-bond donors (Lipinski definition) is 1. The molecule has 54 valence electrons. The van der Waals surface area contributed by atoms with E-state index in [4.69, 9.17) is 0 Å². The molecule has 5 heteroatoms. The summed E-state index contributed by atoms with van der Waals surface area (Å²) in [5.41, 5.74) is 0. The number of alkyl halides is 1. The Kier molecular flexibility index (Phi) is 2.33. The van der Waals surface area contributed by atoms with Crippen molar-refractivity contribution in [3.8, 4) is 0 Å². The van der Waals surface area contributed by atoms with Crippen molar-refractivity contribution < 1.29 is 8.42 Å². The van der Waals surface area contributed by atoms with Crippen LogP contribution in [0.25, 0.3) is 0 Å². The van der Waals surface area contributed by atoms with Crippen LogP contribution in [0.15, 0.2) is 0 Å². The van der Waals surface area contributed by atoms with Gasteiger partial charge in [-0.05, 0) is 6.42 Å². The van der Waals surface area contributed by atoms with E-state index in [0.29, 0.717) is 16.2 Å². The number of halogens is 1. The molecule has 1 atom stereocenters. The van der Waals surface area contributed by atoms with Gasteiger partial charge in [-0.15, -0.1) is 0 Å². The highest BCUT2D eigenvalue weighted by Crippen LogP contribution is 2.10. The van der Waals surface area contributed by atoms with Gasteiger partial charge in [-0.2, -0.15) is 0 Å². The Balaban J connectivity index is 2.55. The molecule has 0 bridgehead atoms. The molecule has 3 nitrogen and oxygen atoms in total. The van der Waals surface area contributed by atoms with Crippen molar-refractivity contribution in [2.75, 3.05) is 12.3 Å². The molecule has 0 radical (unpaired) electrons. The topological polar surface area (TPSA) is 46.2 Å². The molecule has 1 fully saturated rings. The Morgan fingerprint density at radius 2 is 2.22 bits per heavy atom. The van der Waals surface area contributed by atoms with Gasteiger partial charge in [0, 0.05) is 10.5 Å². The highest BCUT2D eigenvalue weighted by molar-refractivity contribution is 14.1. The summed E-state index contributed by atoms with van der Waals surface area (Å²) in [5, 5.41) is 0. The summed E-state index contributed by atoms with van der Waals surface area (Å²) in [6, 6.07) is 0. The number of hydrogen-bond acceptors (Lipinski definition) is 2. The first-order valence-corrected chi connectivity index (χ1v) is 5.61. The van der Waals surface area contributed by atoms with Gasteiger partial charge in [0.25, 0.3) is 0 Å². The van der Waals surface area contributed by atoms with Crippen LogP contribution in [0.5, 0.6) is 0 Å². The molecule has 0 saturated carbocycles. The average Bonchev–Trinajstić information content (AvgIpc) is 1.78. The van der Waals surface area contributed by atoms with Crippen LogP contribution in [-0.4, -0.2) is 24.6 Å². The Hall–Kier alpha value is 0.640. The van der Waals surface area contributed by atoms with Crippen LogP contribution in [0.3, 0.4) is 0 Å². The van der Waals surface area contributed by atoms with Gasteiger partial charge in [0.15, 0.2) is 0 Å². The summed E-state index contributed by atoms with van der Waals surface area (Å²) in [6.45, 7) is 0.600. The minimum Gasteiger partial charge on any atom is -0.214 e. The fraction of sp³-hybridized carbons (Fsp3) is 1.00. The first kappa shape index (κ1) is 7.74. The van der Waals surface area contributed by atoms with E-state index in [1.54, 1.807) is 0 Å². The molecule has 1 rings (SSSR count). The standard InChI is InChI=1S/C4H8INO2S/c5-4-1-2-9(7,8)6-3-4/h4,6H,1-3H2. The van der Waals surface area contributed by atoms with Crippen LogP contribution in [0, 0.1) is 0 Å². The lowest BCUT2D eigenvalue weighted by Crippen LogP contribution is -2.37. The maximum absolute atomic E-state index is 10.7. The zero-order valence-electron chi connectivity index (χ0n) is 4.80. The van der Waals surface area contributed by atoms with Crippen molar-refractivity contribution in [2.45, 2.75) is 10.3 Å². The smallest absolute Gasteiger partial charge is 0.211 e. The molecule has 1 unspecified atom stereocenters. The maximum Gasteiger partial charge on any atom is 0.211 e. The van der Waals surface area contributed by atoms with E-state index in [1.807, 2.05) is 0 Å². The summed E-state index contributed by atoms with van der Waals surface area (Å²) in [4.78, 5) is 0. The normalized spacial score (nSPS) is 34.1. The minimum absolute atomic E-state index is 0.292. The number of rotatable bonds is 0. The van der Waals surface area contributed by atoms with E-state index < -0.39 is 10.0 Å². The van der Waals surface area contributed by atoms with Gasteiger partial charge < -0.3 is 0 Å². The van der Waals surface area contributed by atoms with Gasteiger partial charge in [-0.25, -0.2) is 13.1 Å². The van der Waals surface area contributed by atoms with Crippen LogP contribution in [0.1, 0.15) is 6.42 Å². The molecule has 0 spiro atoms. The van der Waals surface area contributed by atoms with Crippen molar-refractivity contribution in [2.24, 2.45) is 0 Å². The van der Waals surface area contributed by atoms with Gasteiger partial charge in [-0.1, -0.05) is 22.6 Å². The molecule has 1 aliphatic rings. The summed E-state index contributed by atoms with van der Waals surface area (Å²) in [6.07, 6.45) is 0.788. The van der Waals surface area contributed by atoms with Gasteiger partial charge in [-0.3, -0.25) is 0 Å². The molecular formula is C4H8INO2S. The SMILES string of the molecule is O=S1(=O)CCC(I)CN1. The van der Waals surface area contributed by atoms with Crippen LogP contribution < -0.4 is 4.72 Å². The van der Waals surface area contributed by atoms with Crippen LogP contribution >= 0.6 is 22.6 Å². The van der Waals surface area contributed by atoms with E-state index in [-0.39, 0.29) is 0 Å². The first-order chi connectivity index (χ1) is 4.10. The Labute approximate surface area is 68.4 Å². The van der Waals surface area contributed by atoms with Crippen LogP contribution in [0.4, 0.5) is 0 Å². The van der Waals surface area contributed by atoms with E-state index in [9.17, 15) is 8.42 Å². The Morgan fingerprint density at radius 3 is 2.56 bits per heavy atom. The molecule has 0 aromatic heterocycles. The zero-order valence-corrected chi connectivity index (χ0v) is 7.78. The molecule has 0 aliphatic carbocycles. The fourth-order valence-corrected chi connectivity index (χ4v) is 3.12. The molecule has 1 N–H and O–H groups in total. The van der Waals surface area contributed by atoms with E-state index in [0.717, 1.165) is 6.42 Å². The van der Waals surface area contributed by atoms with Crippen LogP contribution in [0.2, 0.25) is 0 Å². The molecule has 1 saturated heterocycles. The first-order valence-electron chi connectivity index (χ1n) is 2.71. The molecular weight excluding hydrogens is 253 g/mol. The number of sulfonamides is 1. The largest absolute Gasteiger partial charge is 0.214 e. The minimum atomic E-state index is -2.87. The molecule has 9 heavy (non-hydrogen) atoms. The summed E-state index contributed by atoms with van der Waals surface area (Å²) < 4.78 is 24.3. The zero-order chi connectivity index (χ0) is 6.91. The maximum atomic E-state index is 10.7. The third kappa shape index (κ3) is 2.38. The second-order valence-corrected chi connectivity index (χ2v) is 5.74. The highest BCUT2D eigenvalue weighted by atomic mass is 127. The van der Waals surface area contributed by atoms with Crippen molar-refractivity contribution in [3.63, 3.8) is 0 Å². The molecule has 1 heterocycles. The van der Waals surface area contributed by atoms with Crippen molar-refractivity contribution >= 4 is 32.6 Å². The monoisotopic (exact) mass is 261 g/mol. The second kappa shape index (κ2) is 2.71. The Bertz CT molecular complexity index is 175. The summed E-state index contributed by atoms with van der Waals surface area (Å²) in [5.74, 6) is 0.292. The van der Waals surface area contributed by atoms with Gasteiger partial charge in [0.2, 0.25) is 10.0 Å². The predicted molar refractivity (Wildman–Crippen MR) is 44.2 cm³/mol. The third-order valence-electron chi connectivity index (χ3n) is 1.22. The third-order valence-corrected chi connectivity index (χ3v) is 3.67. The van der Waals surface area contributed by atoms with Crippen molar-refractivity contribution in [1.29, 1.82) is 0 Å². The predicted octanol–water partition coefficient (Wildman–Crippen LogP) is 0.113. The van der Waals surface area contributed by atoms with E-state index >= 15 is 0 Å². The molecule has 1 aliphatic heterocycles. The van der Waals surface area contributed by atoms with E-state index in [2.05, 4.69) is 27.3 Å². The lowest BCUT2D eigenvalue weighted by atomic mass is 10.3. The average molecular weight is 261 g/mol. The highest BCUT2D eigenvalue weighted by Gasteiger charge is 2.19. The van der Waals surface area contributed by atoms with Crippen molar-refractivity contribution in [3.05, 3.63) is 0 Å². The lowest BCUT2D eigenvalue weighted by molar-refractivity contribution is 0.566. The van der Waals surface area contributed by atoms with E-state index in [1.165, 1.54) is 0 Å². The van der Waals surface area contributed by atoms with Gasteiger partial charge in [0.05, 0.1) is 5.75 Å².